The Balaban J connectivity index is 3.14. The van der Waals surface area contributed by atoms with Crippen LogP contribution in [0.1, 0.15) is 5.56 Å². The van der Waals surface area contributed by atoms with Crippen LogP contribution in [0, 0.1) is 0 Å². The minimum atomic E-state index is 0.633. The highest BCUT2D eigenvalue weighted by Crippen LogP contribution is 2.31. The van der Waals surface area contributed by atoms with E-state index in [9.17, 15) is 4.79 Å². The minimum absolute atomic E-state index is 0.633. The average Bonchev–Trinajstić information content (AvgIpc) is 2.25. The molecule has 0 aromatic heterocycles. The highest BCUT2D eigenvalue weighted by molar-refractivity contribution is 5.76. The highest BCUT2D eigenvalue weighted by Gasteiger charge is 2.05. The van der Waals surface area contributed by atoms with Gasteiger partial charge in [-0.25, -0.2) is 0 Å². The maximum Gasteiger partial charge on any atom is 0.167 e. The van der Waals surface area contributed by atoms with E-state index >= 15 is 0 Å². The third kappa shape index (κ3) is 2.13. The van der Waals surface area contributed by atoms with Gasteiger partial charge < -0.3 is 9.47 Å². The molecular weight excluding hydrogens is 180 g/mol. The zero-order valence-corrected chi connectivity index (χ0v) is 8.19. The smallest absolute Gasteiger partial charge is 0.167 e. The molecule has 1 rings (SSSR count). The van der Waals surface area contributed by atoms with Crippen molar-refractivity contribution in [1.29, 1.82) is 0 Å². The first-order chi connectivity index (χ1) is 6.83. The molecule has 1 aromatic rings. The molecule has 0 aliphatic carbocycles. The largest absolute Gasteiger partial charge is 0.493 e. The van der Waals surface area contributed by atoms with E-state index in [1.165, 1.54) is 6.08 Å². The molecule has 0 unspecified atom stereocenters. The van der Waals surface area contributed by atoms with Crippen molar-refractivity contribution < 1.29 is 14.3 Å². The van der Waals surface area contributed by atoms with Crippen molar-refractivity contribution in [3.8, 4) is 11.5 Å². The van der Waals surface area contributed by atoms with Crippen molar-refractivity contribution in [2.24, 2.45) is 0 Å². The number of hydrogen-bond donors (Lipinski definition) is 0. The summed E-state index contributed by atoms with van der Waals surface area (Å²) in [7, 11) is 3.14. The number of carbonyl (C=O) groups excluding carboxylic acids is 1. The van der Waals surface area contributed by atoms with Crippen molar-refractivity contribution >= 4 is 12.4 Å². The highest BCUT2D eigenvalue weighted by atomic mass is 16.5. The van der Waals surface area contributed by atoms with Crippen LogP contribution in [0.15, 0.2) is 24.3 Å². The van der Waals surface area contributed by atoms with E-state index in [-0.39, 0.29) is 0 Å². The summed E-state index contributed by atoms with van der Waals surface area (Å²) in [4.78, 5) is 10.2. The molecule has 0 N–H and O–H groups in total. The first-order valence-electron chi connectivity index (χ1n) is 4.16. The fourth-order valence-corrected chi connectivity index (χ4v) is 1.19. The number of ether oxygens (including phenoxy) is 2. The Morgan fingerprint density at radius 1 is 1.21 bits per heavy atom. The predicted octanol–water partition coefficient (Wildman–Crippen LogP) is 1.92. The fourth-order valence-electron chi connectivity index (χ4n) is 1.19. The zero-order chi connectivity index (χ0) is 10.4. The molecule has 0 amide bonds. The first kappa shape index (κ1) is 10.3. The molecule has 14 heavy (non-hydrogen) atoms. The van der Waals surface area contributed by atoms with Gasteiger partial charge in [-0.3, -0.25) is 4.79 Å². The summed E-state index contributed by atoms with van der Waals surface area (Å²) in [6, 6.07) is 5.49. The van der Waals surface area contributed by atoms with Gasteiger partial charge >= 0.3 is 0 Å². The van der Waals surface area contributed by atoms with Crippen LogP contribution < -0.4 is 9.47 Å². The quantitative estimate of drug-likeness (QED) is 0.540. The summed E-state index contributed by atoms with van der Waals surface area (Å²) in [5.41, 5.74) is 0.818. The van der Waals surface area contributed by atoms with Gasteiger partial charge in [0.15, 0.2) is 11.5 Å². The van der Waals surface area contributed by atoms with Crippen molar-refractivity contribution in [2.45, 2.75) is 0 Å². The molecule has 0 spiro atoms. The lowest BCUT2D eigenvalue weighted by atomic mass is 10.1. The second kappa shape index (κ2) is 5.07. The van der Waals surface area contributed by atoms with E-state index in [2.05, 4.69) is 0 Å². The molecule has 0 aliphatic heterocycles. The van der Waals surface area contributed by atoms with Gasteiger partial charge in [0.25, 0.3) is 0 Å². The summed E-state index contributed by atoms with van der Waals surface area (Å²) < 4.78 is 10.3. The van der Waals surface area contributed by atoms with Crippen LogP contribution in [0.3, 0.4) is 0 Å². The summed E-state index contributed by atoms with van der Waals surface area (Å²) in [6.45, 7) is 0. The summed E-state index contributed by atoms with van der Waals surface area (Å²) >= 11 is 0. The number of aldehydes is 1. The van der Waals surface area contributed by atoms with Crippen LogP contribution in [0.25, 0.3) is 6.08 Å². The monoisotopic (exact) mass is 192 g/mol. The van der Waals surface area contributed by atoms with Gasteiger partial charge in [-0.2, -0.15) is 0 Å². The predicted molar refractivity (Wildman–Crippen MR) is 54.6 cm³/mol. The molecule has 0 heterocycles. The number of benzene rings is 1. The van der Waals surface area contributed by atoms with Crippen LogP contribution in [0.4, 0.5) is 0 Å². The van der Waals surface area contributed by atoms with Crippen molar-refractivity contribution in [2.75, 3.05) is 14.2 Å². The summed E-state index contributed by atoms with van der Waals surface area (Å²) in [5, 5.41) is 0. The Morgan fingerprint density at radius 2 is 2.00 bits per heavy atom. The van der Waals surface area contributed by atoms with Crippen LogP contribution in [0.2, 0.25) is 0 Å². The second-order valence-electron chi connectivity index (χ2n) is 2.58. The van der Waals surface area contributed by atoms with E-state index in [1.807, 2.05) is 12.1 Å². The molecule has 0 aliphatic rings. The van der Waals surface area contributed by atoms with E-state index in [0.717, 1.165) is 11.8 Å². The maximum absolute atomic E-state index is 10.2. The number of allylic oxidation sites excluding steroid dienone is 1. The Bertz CT molecular complexity index is 342. The van der Waals surface area contributed by atoms with Crippen molar-refractivity contribution in [3.05, 3.63) is 29.8 Å². The molecular formula is C11H12O3. The van der Waals surface area contributed by atoms with Crippen LogP contribution >= 0.6 is 0 Å². The number of hydrogen-bond acceptors (Lipinski definition) is 3. The third-order valence-electron chi connectivity index (χ3n) is 1.79. The van der Waals surface area contributed by atoms with Crippen LogP contribution in [-0.2, 0) is 4.79 Å². The lowest BCUT2D eigenvalue weighted by Crippen LogP contribution is -1.92. The van der Waals surface area contributed by atoms with Crippen molar-refractivity contribution in [3.63, 3.8) is 0 Å². The Labute approximate surface area is 83.0 Å². The van der Waals surface area contributed by atoms with Gasteiger partial charge in [0, 0.05) is 5.56 Å². The standard InChI is InChI=1S/C11H12O3/c1-13-10-7-3-5-9(6-4-8-12)11(10)14-2/h3-8H,1-2H3. The minimum Gasteiger partial charge on any atom is -0.493 e. The fraction of sp³-hybridized carbons (Fsp3) is 0.182. The molecule has 3 heteroatoms. The lowest BCUT2D eigenvalue weighted by molar-refractivity contribution is -0.104. The normalized spacial score (nSPS) is 10.1. The molecule has 0 bridgehead atoms. The maximum atomic E-state index is 10.2. The SMILES string of the molecule is COc1cccc(C=CC=O)c1OC. The molecule has 1 aromatic carbocycles. The van der Waals surface area contributed by atoms with Gasteiger partial charge in [-0.1, -0.05) is 12.1 Å². The number of rotatable bonds is 4. The molecule has 0 atom stereocenters. The molecule has 0 saturated carbocycles. The second-order valence-corrected chi connectivity index (χ2v) is 2.58. The average molecular weight is 192 g/mol. The molecule has 74 valence electrons. The van der Waals surface area contributed by atoms with Gasteiger partial charge in [-0.05, 0) is 18.2 Å². The Hall–Kier alpha value is -1.77. The molecule has 0 fully saturated rings. The van der Waals surface area contributed by atoms with Crippen LogP contribution in [-0.4, -0.2) is 20.5 Å². The van der Waals surface area contributed by atoms with Gasteiger partial charge in [0.05, 0.1) is 14.2 Å². The first-order valence-corrected chi connectivity index (χ1v) is 4.16. The van der Waals surface area contributed by atoms with Crippen LogP contribution in [0.5, 0.6) is 11.5 Å². The summed E-state index contributed by atoms with van der Waals surface area (Å²) in [5.74, 6) is 1.29. The number of carbonyl (C=O) groups is 1. The zero-order valence-electron chi connectivity index (χ0n) is 8.19. The number of para-hydroxylation sites is 1. The lowest BCUT2D eigenvalue weighted by Gasteiger charge is -2.09. The van der Waals surface area contributed by atoms with E-state index < -0.39 is 0 Å². The van der Waals surface area contributed by atoms with Gasteiger partial charge in [0.1, 0.15) is 6.29 Å². The van der Waals surface area contributed by atoms with E-state index in [4.69, 9.17) is 9.47 Å². The molecule has 0 saturated heterocycles. The van der Waals surface area contributed by atoms with Gasteiger partial charge in [0.2, 0.25) is 0 Å². The Morgan fingerprint density at radius 3 is 2.57 bits per heavy atom. The topological polar surface area (TPSA) is 35.5 Å². The van der Waals surface area contributed by atoms with Crippen molar-refractivity contribution in [1.82, 2.24) is 0 Å². The van der Waals surface area contributed by atoms with Gasteiger partial charge in [-0.15, -0.1) is 0 Å². The van der Waals surface area contributed by atoms with E-state index in [0.29, 0.717) is 11.5 Å². The van der Waals surface area contributed by atoms with E-state index in [1.54, 1.807) is 26.4 Å². The molecule has 3 nitrogen and oxygen atoms in total. The number of methoxy groups -OCH3 is 2. The third-order valence-corrected chi connectivity index (χ3v) is 1.79. The summed E-state index contributed by atoms with van der Waals surface area (Å²) in [6.07, 6.45) is 3.81. The Kier molecular flexibility index (Phi) is 3.73. The molecule has 0 radical (unpaired) electrons.